The number of thioether (sulfide) groups is 1. The number of carboxylic acid groups (broad SMARTS) is 1. The number of aromatic nitrogens is 3. The van der Waals surface area contributed by atoms with Gasteiger partial charge in [-0.2, -0.15) is 9.78 Å². The number of rotatable bonds is 4. The van der Waals surface area contributed by atoms with E-state index in [0.29, 0.717) is 16.7 Å². The van der Waals surface area contributed by atoms with Gasteiger partial charge in [0.15, 0.2) is 5.82 Å². The van der Waals surface area contributed by atoms with Gasteiger partial charge in [-0.1, -0.05) is 47.7 Å². The molecule has 0 saturated carbocycles. The fourth-order valence-electron chi connectivity index (χ4n) is 2.59. The summed E-state index contributed by atoms with van der Waals surface area (Å²) in [6.45, 7) is 2.02. The summed E-state index contributed by atoms with van der Waals surface area (Å²) in [5, 5.41) is 26.5. The highest BCUT2D eigenvalue weighted by Gasteiger charge is 2.29. The van der Waals surface area contributed by atoms with E-state index >= 15 is 0 Å². The molecule has 3 heterocycles. The van der Waals surface area contributed by atoms with Crippen LogP contribution < -0.4 is 5.11 Å². The van der Waals surface area contributed by atoms with Gasteiger partial charge in [-0.15, -0.1) is 21.5 Å². The molecule has 8 heteroatoms. The van der Waals surface area contributed by atoms with E-state index in [1.807, 2.05) is 48.7 Å². The third-order valence-electron chi connectivity index (χ3n) is 3.81. The van der Waals surface area contributed by atoms with Crippen molar-refractivity contribution in [2.75, 3.05) is 0 Å². The number of nitrogens with zero attached hydrogens (tertiary/aromatic N) is 4. The van der Waals surface area contributed by atoms with Gasteiger partial charge in [0, 0.05) is 18.0 Å². The second-order valence-corrected chi connectivity index (χ2v) is 7.75. The summed E-state index contributed by atoms with van der Waals surface area (Å²) in [5.41, 5.74) is 2.79. The summed E-state index contributed by atoms with van der Waals surface area (Å²) in [7, 11) is 0. The van der Waals surface area contributed by atoms with E-state index in [1.54, 1.807) is 4.68 Å². The molecule has 0 N–H and O–H groups in total. The van der Waals surface area contributed by atoms with Crippen LogP contribution in [0, 0.1) is 6.92 Å². The Kier molecular flexibility index (Phi) is 4.14. The number of carbonyl (C=O) groups excluding carboxylic acids is 1. The van der Waals surface area contributed by atoms with Crippen molar-refractivity contribution in [1.82, 2.24) is 14.9 Å². The first-order valence-electron chi connectivity index (χ1n) is 7.63. The number of aryl methyl sites for hydroxylation is 1. The van der Waals surface area contributed by atoms with Gasteiger partial charge in [0.1, 0.15) is 0 Å². The molecule has 0 bridgehead atoms. The molecule has 0 radical (unpaired) electrons. The maximum Gasteiger partial charge on any atom is 0.213 e. The van der Waals surface area contributed by atoms with Crippen LogP contribution in [0.2, 0.25) is 0 Å². The van der Waals surface area contributed by atoms with Crippen LogP contribution >= 0.6 is 23.1 Å². The highest BCUT2D eigenvalue weighted by molar-refractivity contribution is 8.00. The normalized spacial score (nSPS) is 16.4. The van der Waals surface area contributed by atoms with Crippen LogP contribution in [0.5, 0.6) is 0 Å². The summed E-state index contributed by atoms with van der Waals surface area (Å²) in [5.74, 6) is -0.461. The smallest absolute Gasteiger partial charge is 0.213 e. The SMILES string of the molecule is Cc1ccc(-c2nnc3n2N=C(c2cccs2)[C@H](CC(=O)[O-])S3)cc1. The van der Waals surface area contributed by atoms with Crippen LogP contribution in [0.15, 0.2) is 52.0 Å². The topological polar surface area (TPSA) is 83.2 Å². The molecule has 0 spiro atoms. The van der Waals surface area contributed by atoms with Crippen LogP contribution in [0.25, 0.3) is 11.4 Å². The van der Waals surface area contributed by atoms with Gasteiger partial charge in [0.25, 0.3) is 0 Å². The van der Waals surface area contributed by atoms with Crippen molar-refractivity contribution in [3.63, 3.8) is 0 Å². The Hall–Kier alpha value is -2.45. The minimum absolute atomic E-state index is 0.117. The van der Waals surface area contributed by atoms with Gasteiger partial charge < -0.3 is 9.90 Å². The zero-order chi connectivity index (χ0) is 17.4. The first-order valence-corrected chi connectivity index (χ1v) is 9.39. The fraction of sp³-hybridized carbons (Fsp3) is 0.176. The Morgan fingerprint density at radius 2 is 2.04 bits per heavy atom. The third kappa shape index (κ3) is 3.10. The molecule has 0 amide bonds. The average Bonchev–Trinajstić information content (AvgIpc) is 3.23. The summed E-state index contributed by atoms with van der Waals surface area (Å²) in [6, 6.07) is 11.8. The Bertz CT molecular complexity index is 946. The molecule has 0 fully saturated rings. The van der Waals surface area contributed by atoms with Crippen molar-refractivity contribution in [2.45, 2.75) is 23.8 Å². The Balaban J connectivity index is 1.81. The molecule has 1 aliphatic heterocycles. The zero-order valence-corrected chi connectivity index (χ0v) is 14.9. The van der Waals surface area contributed by atoms with E-state index in [-0.39, 0.29) is 11.7 Å². The molecule has 0 saturated heterocycles. The van der Waals surface area contributed by atoms with Crippen LogP contribution in [0.3, 0.4) is 0 Å². The van der Waals surface area contributed by atoms with Crippen molar-refractivity contribution in [3.8, 4) is 11.4 Å². The number of benzene rings is 1. The summed E-state index contributed by atoms with van der Waals surface area (Å²) in [6.07, 6.45) is -0.117. The van der Waals surface area contributed by atoms with E-state index in [9.17, 15) is 9.90 Å². The number of thiophene rings is 1. The molecule has 2 aromatic heterocycles. The van der Waals surface area contributed by atoms with E-state index in [0.717, 1.165) is 16.0 Å². The Labute approximate surface area is 152 Å². The second kappa shape index (κ2) is 6.45. The van der Waals surface area contributed by atoms with Crippen LogP contribution in [0.4, 0.5) is 0 Å². The lowest BCUT2D eigenvalue weighted by Crippen LogP contribution is -2.32. The zero-order valence-electron chi connectivity index (χ0n) is 13.2. The molecule has 0 aliphatic carbocycles. The van der Waals surface area contributed by atoms with E-state index < -0.39 is 5.97 Å². The van der Waals surface area contributed by atoms with E-state index in [2.05, 4.69) is 15.3 Å². The minimum Gasteiger partial charge on any atom is -0.550 e. The van der Waals surface area contributed by atoms with Gasteiger partial charge in [0.2, 0.25) is 5.16 Å². The van der Waals surface area contributed by atoms with Crippen LogP contribution in [-0.4, -0.2) is 31.8 Å². The van der Waals surface area contributed by atoms with Gasteiger partial charge in [0.05, 0.1) is 15.8 Å². The monoisotopic (exact) mass is 369 g/mol. The predicted molar refractivity (Wildman–Crippen MR) is 95.7 cm³/mol. The van der Waals surface area contributed by atoms with E-state index in [4.69, 9.17) is 0 Å². The quantitative estimate of drug-likeness (QED) is 0.704. The maximum atomic E-state index is 11.1. The second-order valence-electron chi connectivity index (χ2n) is 5.63. The molecule has 126 valence electrons. The number of fused-ring (bicyclic) bond motifs is 1. The Morgan fingerprint density at radius 1 is 1.24 bits per heavy atom. The molecule has 25 heavy (non-hydrogen) atoms. The van der Waals surface area contributed by atoms with Crippen molar-refractivity contribution in [3.05, 3.63) is 52.2 Å². The van der Waals surface area contributed by atoms with Gasteiger partial charge in [-0.05, 0) is 18.4 Å². The number of carboxylic acids is 1. The largest absolute Gasteiger partial charge is 0.550 e. The van der Waals surface area contributed by atoms with Gasteiger partial charge in [-0.3, -0.25) is 0 Å². The predicted octanol–water partition coefficient (Wildman–Crippen LogP) is 2.18. The van der Waals surface area contributed by atoms with Crippen LogP contribution in [-0.2, 0) is 4.79 Å². The van der Waals surface area contributed by atoms with Gasteiger partial charge >= 0.3 is 0 Å². The fourth-order valence-corrected chi connectivity index (χ4v) is 4.50. The van der Waals surface area contributed by atoms with Gasteiger partial charge in [-0.25, -0.2) is 0 Å². The molecular weight excluding hydrogens is 356 g/mol. The van der Waals surface area contributed by atoms with Crippen molar-refractivity contribution in [1.29, 1.82) is 0 Å². The summed E-state index contributed by atoms with van der Waals surface area (Å²) < 4.78 is 1.69. The molecule has 4 rings (SSSR count). The molecular formula is C17H13N4O2S2-. The summed E-state index contributed by atoms with van der Waals surface area (Å²) >= 11 is 2.88. The number of hydrogen-bond donors (Lipinski definition) is 0. The van der Waals surface area contributed by atoms with Crippen molar-refractivity contribution >= 4 is 34.8 Å². The lowest BCUT2D eigenvalue weighted by atomic mass is 10.1. The standard InChI is InChI=1S/C17H14N4O2S2/c1-10-4-6-11(7-5-10)16-18-19-17-21(16)20-15(12-3-2-8-24-12)13(25-17)9-14(22)23/h2-8,13H,9H2,1H3,(H,22,23)/p-1/t13-/m0/s1. The molecule has 1 aliphatic rings. The van der Waals surface area contributed by atoms with Crippen LogP contribution in [0.1, 0.15) is 16.9 Å². The highest BCUT2D eigenvalue weighted by atomic mass is 32.2. The lowest BCUT2D eigenvalue weighted by molar-refractivity contribution is -0.305. The van der Waals surface area contributed by atoms with Crippen molar-refractivity contribution < 1.29 is 9.90 Å². The number of carbonyl (C=O) groups is 1. The lowest BCUT2D eigenvalue weighted by Gasteiger charge is -2.22. The molecule has 1 aromatic carbocycles. The van der Waals surface area contributed by atoms with Crippen molar-refractivity contribution in [2.24, 2.45) is 5.10 Å². The third-order valence-corrected chi connectivity index (χ3v) is 5.84. The summed E-state index contributed by atoms with van der Waals surface area (Å²) in [4.78, 5) is 12.1. The number of hydrogen-bond acceptors (Lipinski definition) is 7. The average molecular weight is 369 g/mol. The first kappa shape index (κ1) is 16.0. The van der Waals surface area contributed by atoms with E-state index in [1.165, 1.54) is 23.1 Å². The minimum atomic E-state index is -1.10. The maximum absolute atomic E-state index is 11.1. The molecule has 0 unspecified atom stereocenters. The highest BCUT2D eigenvalue weighted by Crippen LogP contribution is 2.35. The number of aliphatic carboxylic acids is 1. The molecule has 1 atom stereocenters. The molecule has 6 nitrogen and oxygen atoms in total. The first-order chi connectivity index (χ1) is 12.1. The Morgan fingerprint density at radius 3 is 2.72 bits per heavy atom. The molecule has 3 aromatic rings.